The van der Waals surface area contributed by atoms with Crippen molar-refractivity contribution >= 4 is 23.3 Å². The number of carbonyl (C=O) groups is 2. The van der Waals surface area contributed by atoms with Crippen LogP contribution in [0.3, 0.4) is 0 Å². The fraction of sp³-hybridized carbons (Fsp3) is 0.364. The molecule has 5 rings (SSSR count). The molecule has 1 N–H and O–H groups in total. The van der Waals surface area contributed by atoms with Crippen LogP contribution in [-0.2, 0) is 15.7 Å². The van der Waals surface area contributed by atoms with E-state index < -0.39 is 17.8 Å². The first-order chi connectivity index (χ1) is 21.6. The molecule has 45 heavy (non-hydrogen) atoms. The summed E-state index contributed by atoms with van der Waals surface area (Å²) in [4.78, 5) is 31.0. The van der Waals surface area contributed by atoms with Crippen LogP contribution < -0.4 is 10.1 Å². The molecule has 9 nitrogen and oxygen atoms in total. The van der Waals surface area contributed by atoms with Crippen LogP contribution in [0, 0.1) is 6.92 Å². The first kappa shape index (κ1) is 32.0. The molecule has 3 aromatic carbocycles. The molecule has 0 aromatic heterocycles. The summed E-state index contributed by atoms with van der Waals surface area (Å²) < 4.78 is 49.9. The van der Waals surface area contributed by atoms with Gasteiger partial charge in [-0.15, -0.1) is 0 Å². The molecule has 2 heterocycles. The Morgan fingerprint density at radius 3 is 2.29 bits per heavy atom. The monoisotopic (exact) mass is 623 g/mol. The number of anilines is 1. The van der Waals surface area contributed by atoms with Crippen LogP contribution in [0.25, 0.3) is 0 Å². The van der Waals surface area contributed by atoms with Gasteiger partial charge in [0.2, 0.25) is 0 Å². The predicted octanol–water partition coefficient (Wildman–Crippen LogP) is 5.57. The van der Waals surface area contributed by atoms with Gasteiger partial charge in [-0.2, -0.15) is 18.3 Å². The zero-order valence-electron chi connectivity index (χ0n) is 25.2. The Hall–Kier alpha value is -4.42. The van der Waals surface area contributed by atoms with Crippen molar-refractivity contribution in [1.29, 1.82) is 0 Å². The third-order valence-corrected chi connectivity index (χ3v) is 7.92. The van der Waals surface area contributed by atoms with Crippen molar-refractivity contribution in [2.45, 2.75) is 25.6 Å². The van der Waals surface area contributed by atoms with Crippen LogP contribution in [0.15, 0.2) is 77.9 Å². The zero-order chi connectivity index (χ0) is 32.0. The molecule has 3 aromatic rings. The van der Waals surface area contributed by atoms with Crippen molar-refractivity contribution in [3.63, 3.8) is 0 Å². The number of methoxy groups -OCH3 is 1. The number of carbonyl (C=O) groups excluding carboxylic acids is 2. The molecule has 238 valence electrons. The highest BCUT2D eigenvalue weighted by molar-refractivity contribution is 6.03. The molecular weight excluding hydrogens is 587 g/mol. The number of benzene rings is 3. The van der Waals surface area contributed by atoms with Crippen LogP contribution in [-0.4, -0.2) is 85.5 Å². The van der Waals surface area contributed by atoms with Gasteiger partial charge in [-0.25, -0.2) is 9.80 Å². The maximum absolute atomic E-state index is 14.0. The summed E-state index contributed by atoms with van der Waals surface area (Å²) in [7, 11) is 1.59. The number of aryl methyl sites for hydroxylation is 1. The van der Waals surface area contributed by atoms with Gasteiger partial charge in [-0.05, 0) is 66.6 Å². The van der Waals surface area contributed by atoms with Gasteiger partial charge in [0, 0.05) is 38.3 Å². The number of nitrogens with zero attached hydrogens (tertiary/aromatic N) is 4. The Morgan fingerprint density at radius 1 is 1.00 bits per heavy atom. The molecule has 2 aliphatic heterocycles. The standard InChI is InChI=1S/C33H36F3N5O4/c1-23-3-5-25(6-4-23)30-21-29(24-7-13-28(44-2)14-8-24)38-41(30)31(42)22-40(16-15-39-17-19-45-20-18-39)32(43)37-27-11-9-26(10-12-27)33(34,35)36/h3-14,30H,15-22H2,1-2H3,(H,37,43)/t30-/m1/s1. The molecule has 0 saturated carbocycles. The van der Waals surface area contributed by atoms with Gasteiger partial charge in [0.1, 0.15) is 12.3 Å². The normalized spacial score (nSPS) is 17.1. The minimum absolute atomic E-state index is 0.190. The third kappa shape index (κ3) is 8.20. The van der Waals surface area contributed by atoms with Crippen molar-refractivity contribution in [1.82, 2.24) is 14.8 Å². The van der Waals surface area contributed by atoms with E-state index in [1.54, 1.807) is 7.11 Å². The van der Waals surface area contributed by atoms with E-state index in [-0.39, 0.29) is 30.7 Å². The van der Waals surface area contributed by atoms with E-state index in [0.717, 1.165) is 34.5 Å². The van der Waals surface area contributed by atoms with Gasteiger partial charge in [-0.3, -0.25) is 9.69 Å². The number of nitrogens with one attached hydrogen (secondary N) is 1. The van der Waals surface area contributed by atoms with Gasteiger partial charge in [0.15, 0.2) is 0 Å². The van der Waals surface area contributed by atoms with Crippen molar-refractivity contribution in [2.75, 3.05) is 58.4 Å². The molecule has 0 aliphatic carbocycles. The summed E-state index contributed by atoms with van der Waals surface area (Å²) in [6, 6.07) is 18.6. The van der Waals surface area contributed by atoms with Crippen molar-refractivity contribution in [3.05, 3.63) is 95.1 Å². The van der Waals surface area contributed by atoms with E-state index in [4.69, 9.17) is 14.6 Å². The van der Waals surface area contributed by atoms with E-state index in [1.165, 1.54) is 22.0 Å². The molecule has 1 saturated heterocycles. The molecule has 0 unspecified atom stereocenters. The number of hydrogen-bond acceptors (Lipinski definition) is 6. The summed E-state index contributed by atoms with van der Waals surface area (Å²) in [6.45, 7) is 4.96. The Balaban J connectivity index is 1.37. The van der Waals surface area contributed by atoms with Crippen molar-refractivity contribution in [2.24, 2.45) is 5.10 Å². The van der Waals surface area contributed by atoms with Gasteiger partial charge >= 0.3 is 12.2 Å². The lowest BCUT2D eigenvalue weighted by Crippen LogP contribution is -2.47. The Labute approximate surface area is 260 Å². The Kier molecular flexibility index (Phi) is 10.0. The molecule has 12 heteroatoms. The SMILES string of the molecule is COc1ccc(C2=NN(C(=O)CN(CCN3CCOCC3)C(=O)Nc3ccc(C(F)(F)F)cc3)[C@@H](c3ccc(C)cc3)C2)cc1. The number of hydrogen-bond donors (Lipinski definition) is 1. The summed E-state index contributed by atoms with van der Waals surface area (Å²) in [5.41, 5.74) is 2.95. The van der Waals surface area contributed by atoms with Crippen LogP contribution in [0.2, 0.25) is 0 Å². The van der Waals surface area contributed by atoms with Crippen LogP contribution >= 0.6 is 0 Å². The minimum Gasteiger partial charge on any atom is -0.497 e. The van der Waals surface area contributed by atoms with Crippen molar-refractivity contribution < 1.29 is 32.2 Å². The maximum atomic E-state index is 14.0. The van der Waals surface area contributed by atoms with Crippen LogP contribution in [0.4, 0.5) is 23.7 Å². The Bertz CT molecular complexity index is 1490. The summed E-state index contributed by atoms with van der Waals surface area (Å²) >= 11 is 0. The third-order valence-electron chi connectivity index (χ3n) is 7.92. The fourth-order valence-electron chi connectivity index (χ4n) is 5.27. The average Bonchev–Trinajstić information content (AvgIpc) is 3.49. The Morgan fingerprint density at radius 2 is 1.67 bits per heavy atom. The molecule has 2 aliphatic rings. The molecule has 0 bridgehead atoms. The summed E-state index contributed by atoms with van der Waals surface area (Å²) in [6.07, 6.45) is -4.01. The van der Waals surface area contributed by atoms with E-state index in [9.17, 15) is 22.8 Å². The molecule has 1 fully saturated rings. The van der Waals surface area contributed by atoms with E-state index in [1.807, 2.05) is 55.5 Å². The lowest BCUT2D eigenvalue weighted by atomic mass is 9.97. The van der Waals surface area contributed by atoms with Gasteiger partial charge in [0.05, 0.1) is 37.6 Å². The predicted molar refractivity (Wildman–Crippen MR) is 164 cm³/mol. The molecule has 0 spiro atoms. The smallest absolute Gasteiger partial charge is 0.416 e. The number of urea groups is 1. The second kappa shape index (κ2) is 14.1. The van der Waals surface area contributed by atoms with E-state index in [2.05, 4.69) is 10.2 Å². The average molecular weight is 624 g/mol. The lowest BCUT2D eigenvalue weighted by molar-refractivity contribution is -0.137. The van der Waals surface area contributed by atoms with Crippen molar-refractivity contribution in [3.8, 4) is 5.75 Å². The topological polar surface area (TPSA) is 86.7 Å². The number of hydrazone groups is 1. The number of halogens is 3. The summed E-state index contributed by atoms with van der Waals surface area (Å²) in [5, 5.41) is 8.84. The zero-order valence-corrected chi connectivity index (χ0v) is 25.2. The van der Waals surface area contributed by atoms with Gasteiger partial charge in [0.25, 0.3) is 5.91 Å². The van der Waals surface area contributed by atoms with Gasteiger partial charge in [-0.1, -0.05) is 29.8 Å². The number of morpholine rings is 1. The number of alkyl halides is 3. The quantitative estimate of drug-likeness (QED) is 0.337. The van der Waals surface area contributed by atoms with Crippen LogP contribution in [0.5, 0.6) is 5.75 Å². The maximum Gasteiger partial charge on any atom is 0.416 e. The first-order valence-electron chi connectivity index (χ1n) is 14.7. The molecular formula is C33H36F3N5O4. The highest BCUT2D eigenvalue weighted by atomic mass is 19.4. The summed E-state index contributed by atoms with van der Waals surface area (Å²) in [5.74, 6) is 0.323. The number of rotatable bonds is 9. The highest BCUT2D eigenvalue weighted by Crippen LogP contribution is 2.34. The molecule has 1 atom stereocenters. The second-order valence-electron chi connectivity index (χ2n) is 11.0. The van der Waals surface area contributed by atoms with E-state index >= 15 is 0 Å². The largest absolute Gasteiger partial charge is 0.497 e. The lowest BCUT2D eigenvalue weighted by Gasteiger charge is -2.31. The fourth-order valence-corrected chi connectivity index (χ4v) is 5.27. The highest BCUT2D eigenvalue weighted by Gasteiger charge is 2.35. The number of amides is 3. The van der Waals surface area contributed by atoms with Gasteiger partial charge < -0.3 is 19.7 Å². The molecule has 0 radical (unpaired) electrons. The van der Waals surface area contributed by atoms with E-state index in [0.29, 0.717) is 45.0 Å². The minimum atomic E-state index is -4.49. The first-order valence-corrected chi connectivity index (χ1v) is 14.7. The second-order valence-corrected chi connectivity index (χ2v) is 11.0. The van der Waals surface area contributed by atoms with Crippen LogP contribution in [0.1, 0.15) is 34.7 Å². The number of ether oxygens (including phenoxy) is 2. The molecule has 3 amide bonds.